The van der Waals surface area contributed by atoms with Crippen molar-refractivity contribution in [2.45, 2.75) is 95.8 Å². The first-order valence-electron chi connectivity index (χ1n) is 12.4. The second-order valence-electron chi connectivity index (χ2n) is 9.86. The number of allylic oxidation sites excluding steroid dienone is 2. The lowest BCUT2D eigenvalue weighted by Crippen LogP contribution is -2.15. The van der Waals surface area contributed by atoms with E-state index in [-0.39, 0.29) is 0 Å². The molecular formula is C28H37FN2. The van der Waals surface area contributed by atoms with Crippen LogP contribution in [0.25, 0.3) is 0 Å². The largest absolute Gasteiger partial charge is 0.196 e. The predicted octanol–water partition coefficient (Wildman–Crippen LogP) is 8.36. The molecule has 0 aliphatic heterocycles. The van der Waals surface area contributed by atoms with Gasteiger partial charge in [0.2, 0.25) is 0 Å². The highest BCUT2D eigenvalue weighted by atomic mass is 19.1. The van der Waals surface area contributed by atoms with Gasteiger partial charge in [0.1, 0.15) is 6.07 Å². The van der Waals surface area contributed by atoms with Crippen LogP contribution in [0.3, 0.4) is 0 Å². The normalized spacial score (nSPS) is 26.7. The molecule has 0 bridgehead atoms. The third-order valence-corrected chi connectivity index (χ3v) is 7.80. The molecule has 1 aromatic rings. The van der Waals surface area contributed by atoms with Crippen molar-refractivity contribution in [3.8, 4) is 12.1 Å². The molecule has 0 amide bonds. The Bertz CT molecular complexity index is 767. The van der Waals surface area contributed by atoms with E-state index >= 15 is 0 Å². The van der Waals surface area contributed by atoms with E-state index in [1.807, 2.05) is 12.1 Å². The second-order valence-corrected chi connectivity index (χ2v) is 9.86. The molecule has 0 N–H and O–H groups in total. The smallest absolute Gasteiger partial charge is 0.195 e. The van der Waals surface area contributed by atoms with Gasteiger partial charge in [-0.2, -0.15) is 14.9 Å². The van der Waals surface area contributed by atoms with Crippen LogP contribution in [0.15, 0.2) is 36.2 Å². The molecule has 0 aromatic heterocycles. The van der Waals surface area contributed by atoms with Gasteiger partial charge in [0.25, 0.3) is 0 Å². The highest BCUT2D eigenvalue weighted by Gasteiger charge is 2.23. The lowest BCUT2D eigenvalue weighted by Gasteiger charge is -2.30. The maximum atomic E-state index is 12.9. The number of benzene rings is 1. The van der Waals surface area contributed by atoms with E-state index in [1.54, 1.807) is 6.07 Å². The van der Waals surface area contributed by atoms with Crippen LogP contribution in [-0.4, -0.2) is 0 Å². The van der Waals surface area contributed by atoms with Gasteiger partial charge in [-0.25, -0.2) is 0 Å². The molecule has 2 aliphatic rings. The first-order chi connectivity index (χ1) is 15.2. The molecule has 0 atom stereocenters. The predicted molar refractivity (Wildman–Crippen MR) is 124 cm³/mol. The standard InChI is InChI=1S/C28H37FN2/c29-28(21-31)7-3-6-24-10-8-22(9-11-24)4-1-2-5-23-12-16-26(17-13-23)27-18-14-25(20-30)15-19-27/h7,14-15,18-19,22-24,26H,1-6,8-13,16-17H2. The molecule has 3 rings (SSSR count). The number of hydrogen-bond acceptors (Lipinski definition) is 2. The van der Waals surface area contributed by atoms with Crippen LogP contribution in [-0.2, 0) is 0 Å². The molecule has 0 spiro atoms. The van der Waals surface area contributed by atoms with Crippen molar-refractivity contribution >= 4 is 0 Å². The molecule has 0 unspecified atom stereocenters. The van der Waals surface area contributed by atoms with Crippen molar-refractivity contribution < 1.29 is 4.39 Å². The van der Waals surface area contributed by atoms with Gasteiger partial charge in [0.15, 0.2) is 5.83 Å². The molecule has 0 heterocycles. The van der Waals surface area contributed by atoms with Gasteiger partial charge in [-0.05, 0) is 86.0 Å². The van der Waals surface area contributed by atoms with Crippen molar-refractivity contribution in [2.24, 2.45) is 17.8 Å². The van der Waals surface area contributed by atoms with Gasteiger partial charge in [0.05, 0.1) is 11.6 Å². The van der Waals surface area contributed by atoms with E-state index in [0.29, 0.717) is 12.3 Å². The summed E-state index contributed by atoms with van der Waals surface area (Å²) < 4.78 is 12.9. The van der Waals surface area contributed by atoms with Gasteiger partial charge in [-0.15, -0.1) is 0 Å². The van der Waals surface area contributed by atoms with Crippen molar-refractivity contribution in [1.82, 2.24) is 0 Å². The van der Waals surface area contributed by atoms with E-state index in [0.717, 1.165) is 29.7 Å². The number of nitriles is 2. The minimum Gasteiger partial charge on any atom is -0.195 e. The van der Waals surface area contributed by atoms with Crippen LogP contribution in [0.5, 0.6) is 0 Å². The second kappa shape index (κ2) is 12.7. The number of hydrogen-bond donors (Lipinski definition) is 0. The SMILES string of the molecule is N#CC(F)=CCCC1CCC(CCCCC2CCC(c3ccc(C#N)cc3)CC2)CC1. The maximum absolute atomic E-state index is 12.9. The van der Waals surface area contributed by atoms with Crippen LogP contribution in [0, 0.1) is 40.4 Å². The quantitative estimate of drug-likeness (QED) is 0.297. The molecule has 1 aromatic carbocycles. The van der Waals surface area contributed by atoms with Gasteiger partial charge < -0.3 is 0 Å². The Hall–Kier alpha value is -2.13. The summed E-state index contributed by atoms with van der Waals surface area (Å²) in [6.45, 7) is 0. The van der Waals surface area contributed by atoms with Crippen LogP contribution < -0.4 is 0 Å². The summed E-state index contributed by atoms with van der Waals surface area (Å²) in [5, 5.41) is 17.4. The van der Waals surface area contributed by atoms with E-state index in [2.05, 4.69) is 18.2 Å². The first-order valence-corrected chi connectivity index (χ1v) is 12.4. The average molecular weight is 421 g/mol. The average Bonchev–Trinajstić information content (AvgIpc) is 2.83. The Labute approximate surface area is 188 Å². The topological polar surface area (TPSA) is 47.6 Å². The number of rotatable bonds is 9. The number of unbranched alkanes of at least 4 members (excludes halogenated alkanes) is 1. The van der Waals surface area contributed by atoms with Gasteiger partial charge in [-0.3, -0.25) is 0 Å². The Morgan fingerprint density at radius 3 is 1.84 bits per heavy atom. The van der Waals surface area contributed by atoms with Crippen LogP contribution in [0.1, 0.15) is 107 Å². The zero-order chi connectivity index (χ0) is 21.9. The number of halogens is 1. The fourth-order valence-corrected chi connectivity index (χ4v) is 5.78. The zero-order valence-electron chi connectivity index (χ0n) is 18.9. The van der Waals surface area contributed by atoms with E-state index in [4.69, 9.17) is 10.5 Å². The molecule has 2 nitrogen and oxygen atoms in total. The summed E-state index contributed by atoms with van der Waals surface area (Å²) in [5.41, 5.74) is 2.17. The Morgan fingerprint density at radius 1 is 0.806 bits per heavy atom. The fraction of sp³-hybridized carbons (Fsp3) is 0.643. The summed E-state index contributed by atoms with van der Waals surface area (Å²) in [6, 6.07) is 12.0. The van der Waals surface area contributed by atoms with Crippen LogP contribution in [0.4, 0.5) is 4.39 Å². The van der Waals surface area contributed by atoms with Crippen LogP contribution >= 0.6 is 0 Å². The third kappa shape index (κ3) is 7.81. The molecule has 2 aliphatic carbocycles. The molecular weight excluding hydrogens is 383 g/mol. The zero-order valence-corrected chi connectivity index (χ0v) is 18.9. The lowest BCUT2D eigenvalue weighted by molar-refractivity contribution is 0.244. The highest BCUT2D eigenvalue weighted by molar-refractivity contribution is 5.33. The summed E-state index contributed by atoms with van der Waals surface area (Å²) in [5.74, 6) is 2.59. The fourth-order valence-electron chi connectivity index (χ4n) is 5.78. The van der Waals surface area contributed by atoms with E-state index in [1.165, 1.54) is 88.7 Å². The molecule has 166 valence electrons. The van der Waals surface area contributed by atoms with Gasteiger partial charge >= 0.3 is 0 Å². The van der Waals surface area contributed by atoms with Crippen molar-refractivity contribution in [3.63, 3.8) is 0 Å². The summed E-state index contributed by atoms with van der Waals surface area (Å²) in [7, 11) is 0. The van der Waals surface area contributed by atoms with Crippen molar-refractivity contribution in [1.29, 1.82) is 10.5 Å². The first kappa shape index (κ1) is 23.5. The van der Waals surface area contributed by atoms with Gasteiger partial charge in [-0.1, -0.05) is 63.5 Å². The third-order valence-electron chi connectivity index (χ3n) is 7.80. The monoisotopic (exact) mass is 420 g/mol. The van der Waals surface area contributed by atoms with E-state index < -0.39 is 5.83 Å². The van der Waals surface area contributed by atoms with Crippen molar-refractivity contribution in [2.75, 3.05) is 0 Å². The Balaban J connectivity index is 1.24. The molecule has 2 saturated carbocycles. The van der Waals surface area contributed by atoms with E-state index in [9.17, 15) is 4.39 Å². The minimum atomic E-state index is -0.628. The number of nitrogens with zero attached hydrogens (tertiary/aromatic N) is 2. The van der Waals surface area contributed by atoms with Crippen LogP contribution in [0.2, 0.25) is 0 Å². The summed E-state index contributed by atoms with van der Waals surface area (Å²) in [6.07, 6.45) is 19.3. The van der Waals surface area contributed by atoms with Crippen molar-refractivity contribution in [3.05, 3.63) is 47.3 Å². The molecule has 2 fully saturated rings. The molecule has 3 heteroatoms. The Morgan fingerprint density at radius 2 is 1.32 bits per heavy atom. The molecule has 0 radical (unpaired) electrons. The minimum absolute atomic E-state index is 0.628. The highest BCUT2D eigenvalue weighted by Crippen LogP contribution is 2.38. The summed E-state index contributed by atoms with van der Waals surface area (Å²) >= 11 is 0. The lowest BCUT2D eigenvalue weighted by atomic mass is 9.76. The molecule has 31 heavy (non-hydrogen) atoms. The maximum Gasteiger partial charge on any atom is 0.196 e. The van der Waals surface area contributed by atoms with Gasteiger partial charge in [0, 0.05) is 0 Å². The molecule has 0 saturated heterocycles. The summed E-state index contributed by atoms with van der Waals surface area (Å²) in [4.78, 5) is 0. The Kier molecular flexibility index (Phi) is 9.61.